The van der Waals surface area contributed by atoms with Crippen LogP contribution >= 0.6 is 0 Å². The zero-order valence-corrected chi connectivity index (χ0v) is 3.58. The van der Waals surface area contributed by atoms with Crippen LogP contribution in [0, 0.1) is 10.1 Å². The second-order valence-electron chi connectivity index (χ2n) is 0.238. The van der Waals surface area contributed by atoms with Crippen LogP contribution in [0.25, 0.3) is 0 Å². The van der Waals surface area contributed by atoms with Crippen LogP contribution in [0.1, 0.15) is 1.43 Å². The summed E-state index contributed by atoms with van der Waals surface area (Å²) in [6.45, 7) is 0. The summed E-state index contributed by atoms with van der Waals surface area (Å²) in [4.78, 5) is 8.36. The largest absolute Gasteiger partial charge is 1.00 e. The zero-order chi connectivity index (χ0) is 3.58. The molecule has 1 N–H and O–H groups in total. The van der Waals surface area contributed by atoms with E-state index >= 15 is 0 Å². The van der Waals surface area contributed by atoms with E-state index in [1.807, 2.05) is 0 Å². The fraction of sp³-hybridized carbons (Fsp3) is 0. The topological polar surface area (TPSA) is 63.4 Å². The number of nitrogens with zero attached hydrogens (tertiary/aromatic N) is 1. The Morgan fingerprint density at radius 2 is 2.00 bits per heavy atom. The van der Waals surface area contributed by atoms with Crippen molar-refractivity contribution in [3.8, 4) is 0 Å². The summed E-state index contributed by atoms with van der Waals surface area (Å²) in [7, 11) is 0. The van der Waals surface area contributed by atoms with Gasteiger partial charge in [0.2, 0.25) is 0 Å². The Bertz CT molecular complexity index is 33.8. The van der Waals surface area contributed by atoms with Crippen molar-refractivity contribution in [2.45, 2.75) is 0 Å². The van der Waals surface area contributed by atoms with E-state index in [2.05, 4.69) is 0 Å². The summed E-state index contributed by atoms with van der Waals surface area (Å²) < 4.78 is 0. The normalized spacial score (nSPS) is 4.80. The first-order valence-corrected chi connectivity index (χ1v) is 0.565. The number of hydrogen-bond acceptors (Lipinski definition) is 2. The minimum Gasteiger partial charge on any atom is -1.00 e. The minimum atomic E-state index is -1.50. The number of hydrogen-bond donors (Lipinski definition) is 1. The molecule has 0 amide bonds. The molecule has 36 valence electrons. The van der Waals surface area contributed by atoms with Gasteiger partial charge in [0.1, 0.15) is 0 Å². The molecule has 4 nitrogen and oxygen atoms in total. The van der Waals surface area contributed by atoms with Crippen molar-refractivity contribution >= 4 is 0 Å². The van der Waals surface area contributed by atoms with Crippen LogP contribution in [0.2, 0.25) is 0 Å². The van der Waals surface area contributed by atoms with Gasteiger partial charge in [-0.3, -0.25) is 0 Å². The molecule has 0 bridgehead atoms. The van der Waals surface area contributed by atoms with Gasteiger partial charge in [-0.15, -0.1) is 10.1 Å². The van der Waals surface area contributed by atoms with E-state index in [-0.39, 0.29) is 21.8 Å². The third-order valence-electron chi connectivity index (χ3n) is 0. The van der Waals surface area contributed by atoms with Crippen LogP contribution in [-0.2, 0) is 20.4 Å². The van der Waals surface area contributed by atoms with Crippen molar-refractivity contribution in [1.82, 2.24) is 0 Å². The third-order valence-corrected chi connectivity index (χ3v) is 0. The van der Waals surface area contributed by atoms with Gasteiger partial charge in [-0.25, -0.2) is 0 Å². The molecule has 0 atom stereocenters. The smallest absolute Gasteiger partial charge is 0.291 e. The standard InChI is InChI=1S/HNO3.Pd.H/c2-1(3)4;;/h(H,2,3,4);;/q;;-1. The van der Waals surface area contributed by atoms with Crippen LogP contribution in [0.15, 0.2) is 0 Å². The summed E-state index contributed by atoms with van der Waals surface area (Å²) in [6, 6.07) is 0. The van der Waals surface area contributed by atoms with Crippen molar-refractivity contribution in [2.24, 2.45) is 0 Å². The second kappa shape index (κ2) is 3.86. The van der Waals surface area contributed by atoms with Crippen molar-refractivity contribution in [1.29, 1.82) is 0 Å². The Morgan fingerprint density at radius 1 is 2.00 bits per heavy atom. The molecule has 0 saturated carbocycles. The molecule has 0 radical (unpaired) electrons. The van der Waals surface area contributed by atoms with E-state index in [0.717, 1.165) is 0 Å². The van der Waals surface area contributed by atoms with Crippen LogP contribution < -0.4 is 0 Å². The van der Waals surface area contributed by atoms with Crippen molar-refractivity contribution < 1.29 is 32.1 Å². The van der Waals surface area contributed by atoms with Crippen LogP contribution in [-0.4, -0.2) is 10.3 Å². The minimum absolute atomic E-state index is 0. The van der Waals surface area contributed by atoms with Gasteiger partial charge in [-0.1, -0.05) is 0 Å². The van der Waals surface area contributed by atoms with Crippen molar-refractivity contribution in [3.63, 3.8) is 0 Å². The Morgan fingerprint density at radius 3 is 2.00 bits per heavy atom. The van der Waals surface area contributed by atoms with Gasteiger partial charge in [-0.2, -0.15) is 0 Å². The van der Waals surface area contributed by atoms with E-state index in [0.29, 0.717) is 0 Å². The summed E-state index contributed by atoms with van der Waals surface area (Å²) in [6.07, 6.45) is 0. The first kappa shape index (κ1) is 8.85. The molecule has 0 aromatic heterocycles. The van der Waals surface area contributed by atoms with E-state index in [4.69, 9.17) is 15.3 Å². The molecular formula is H2NO3Pd-. The van der Waals surface area contributed by atoms with Gasteiger partial charge < -0.3 is 6.63 Å². The zero-order valence-electron chi connectivity index (χ0n) is 3.03. The predicted molar refractivity (Wildman–Crippen MR) is 9.89 cm³/mol. The van der Waals surface area contributed by atoms with Gasteiger partial charge in [0.15, 0.2) is 0 Å². The van der Waals surface area contributed by atoms with E-state index in [9.17, 15) is 0 Å². The third kappa shape index (κ3) is 707. The van der Waals surface area contributed by atoms with Gasteiger partial charge in [0, 0.05) is 20.4 Å². The molecule has 0 heterocycles. The summed E-state index contributed by atoms with van der Waals surface area (Å²) in [5.74, 6) is 0. The van der Waals surface area contributed by atoms with Crippen LogP contribution in [0.5, 0.6) is 0 Å². The molecule has 0 aliphatic rings. The Hall–Kier alpha value is -0.138. The summed E-state index contributed by atoms with van der Waals surface area (Å²) >= 11 is 0. The maximum atomic E-state index is 8.36. The molecule has 0 aliphatic heterocycles. The molecule has 0 saturated heterocycles. The summed E-state index contributed by atoms with van der Waals surface area (Å²) in [5, 5.41) is 13.6. The molecule has 5 heavy (non-hydrogen) atoms. The molecule has 0 unspecified atom stereocenters. The van der Waals surface area contributed by atoms with Crippen LogP contribution in [0.3, 0.4) is 0 Å². The fourth-order valence-electron chi connectivity index (χ4n) is 0. The van der Waals surface area contributed by atoms with Crippen molar-refractivity contribution in [3.05, 3.63) is 10.1 Å². The molecular weight excluding hydrogens is 168 g/mol. The Labute approximate surface area is 43.0 Å². The maximum absolute atomic E-state index is 8.36. The fourth-order valence-corrected chi connectivity index (χ4v) is 0. The number of rotatable bonds is 0. The predicted octanol–water partition coefficient (Wildman–Crippen LogP) is -0.238. The SMILES string of the molecule is O=[N+]([O-])O.[H-].[Pd]. The quantitative estimate of drug-likeness (QED) is 0.310. The molecule has 0 aromatic rings. The molecule has 0 fully saturated rings. The molecule has 0 rings (SSSR count). The average molecular weight is 170 g/mol. The van der Waals surface area contributed by atoms with E-state index < -0.39 is 5.09 Å². The average Bonchev–Trinajstić information content (AvgIpc) is 0.811. The molecule has 0 spiro atoms. The van der Waals surface area contributed by atoms with Gasteiger partial charge in [0.25, 0.3) is 5.09 Å². The summed E-state index contributed by atoms with van der Waals surface area (Å²) in [5.41, 5.74) is 0. The van der Waals surface area contributed by atoms with Gasteiger partial charge in [0.05, 0.1) is 0 Å². The van der Waals surface area contributed by atoms with Crippen molar-refractivity contribution in [2.75, 3.05) is 0 Å². The Kier molecular flexibility index (Phi) is 6.84. The first-order valence-electron chi connectivity index (χ1n) is 0.565. The van der Waals surface area contributed by atoms with Crippen LogP contribution in [0.4, 0.5) is 0 Å². The monoisotopic (exact) mass is 170 g/mol. The first-order chi connectivity index (χ1) is 1.73. The Balaban J connectivity index is -0.0000000450. The maximum Gasteiger partial charge on any atom is 0.291 e. The second-order valence-corrected chi connectivity index (χ2v) is 0.238. The molecule has 0 aliphatic carbocycles. The van der Waals surface area contributed by atoms with Gasteiger partial charge >= 0.3 is 0 Å². The van der Waals surface area contributed by atoms with E-state index in [1.54, 1.807) is 0 Å². The molecule has 0 aromatic carbocycles. The van der Waals surface area contributed by atoms with Gasteiger partial charge in [-0.05, 0) is 0 Å². The van der Waals surface area contributed by atoms with E-state index in [1.165, 1.54) is 0 Å². The molecule has 5 heteroatoms.